The molecule has 0 aliphatic carbocycles. The van der Waals surface area contributed by atoms with Gasteiger partial charge in [0.2, 0.25) is 5.91 Å². The molecule has 310 valence electrons. The van der Waals surface area contributed by atoms with Crippen molar-refractivity contribution in [2.75, 3.05) is 40.9 Å². The summed E-state index contributed by atoms with van der Waals surface area (Å²) in [5.74, 6) is -0.204. The Balaban J connectivity index is 2.36. The van der Waals surface area contributed by atoms with Gasteiger partial charge in [-0.3, -0.25) is 13.8 Å². The highest BCUT2D eigenvalue weighted by molar-refractivity contribution is 7.47. The van der Waals surface area contributed by atoms with Crippen LogP contribution in [0.1, 0.15) is 168 Å². The van der Waals surface area contributed by atoms with Crippen LogP contribution in [0, 0.1) is 0 Å². The van der Waals surface area contributed by atoms with Gasteiger partial charge in [0.05, 0.1) is 52.1 Å². The molecule has 1 amide bonds. The number of hydrogen-bond donors (Lipinski definition) is 3. The normalized spacial score (nSPS) is 18.6. The fourth-order valence-electron chi connectivity index (χ4n) is 6.20. The first-order chi connectivity index (χ1) is 25.5. The zero-order chi connectivity index (χ0) is 39.0. The number of allylic oxidation sites excluding steroid dienone is 4. The summed E-state index contributed by atoms with van der Waals surface area (Å²) >= 11 is 0. The van der Waals surface area contributed by atoms with Crippen LogP contribution in [-0.4, -0.2) is 85.6 Å². The smallest absolute Gasteiger partial charge is 0.391 e. The first-order valence-electron chi connectivity index (χ1n) is 21.5. The number of rotatable bonds is 37. The molecule has 0 bridgehead atoms. The summed E-state index contributed by atoms with van der Waals surface area (Å²) < 4.78 is 29.3. The number of epoxide rings is 1. The molecule has 1 aliphatic heterocycles. The van der Waals surface area contributed by atoms with Gasteiger partial charge in [-0.25, -0.2) is 4.57 Å². The topological polar surface area (TPSA) is 118 Å². The van der Waals surface area contributed by atoms with E-state index in [1.54, 1.807) is 0 Å². The third-order valence-corrected chi connectivity index (χ3v) is 10.8. The van der Waals surface area contributed by atoms with E-state index in [0.29, 0.717) is 42.5 Å². The Morgan fingerprint density at radius 3 is 1.85 bits per heavy atom. The molecule has 5 atom stereocenters. The van der Waals surface area contributed by atoms with E-state index in [9.17, 15) is 19.4 Å². The van der Waals surface area contributed by atoms with Crippen LogP contribution in [0.3, 0.4) is 0 Å². The van der Waals surface area contributed by atoms with Gasteiger partial charge in [0.25, 0.3) is 0 Å². The summed E-state index contributed by atoms with van der Waals surface area (Å²) in [6.45, 7) is 4.79. The minimum absolute atomic E-state index is 0.0612. The highest BCUT2D eigenvalue weighted by Crippen LogP contribution is 2.43. The average Bonchev–Trinajstić information content (AvgIpc) is 3.86. The zero-order valence-electron chi connectivity index (χ0n) is 34.7. The molecule has 0 aromatic carbocycles. The van der Waals surface area contributed by atoms with Crippen molar-refractivity contribution in [3.05, 3.63) is 36.5 Å². The monoisotopic (exact) mass is 770 g/mol. The molecule has 0 aromatic heterocycles. The Morgan fingerprint density at radius 2 is 1.25 bits per heavy atom. The maximum Gasteiger partial charge on any atom is 0.472 e. The van der Waals surface area contributed by atoms with Crippen molar-refractivity contribution in [2.24, 2.45) is 0 Å². The van der Waals surface area contributed by atoms with Crippen LogP contribution in [0.15, 0.2) is 36.5 Å². The van der Waals surface area contributed by atoms with Gasteiger partial charge in [-0.2, -0.15) is 0 Å². The quantitative estimate of drug-likeness (QED) is 0.0189. The Labute approximate surface area is 325 Å². The third kappa shape index (κ3) is 31.6. The first kappa shape index (κ1) is 49.7. The van der Waals surface area contributed by atoms with Gasteiger partial charge in [0, 0.05) is 6.42 Å². The Bertz CT molecular complexity index is 1030. The van der Waals surface area contributed by atoms with Crippen LogP contribution in [0.25, 0.3) is 0 Å². The molecule has 1 fully saturated rings. The number of nitrogens with zero attached hydrogens (tertiary/aromatic N) is 1. The molecule has 0 saturated carbocycles. The first-order valence-corrected chi connectivity index (χ1v) is 23.0. The van der Waals surface area contributed by atoms with Gasteiger partial charge in [-0.15, -0.1) is 0 Å². The van der Waals surface area contributed by atoms with Crippen LogP contribution < -0.4 is 5.32 Å². The van der Waals surface area contributed by atoms with Crippen molar-refractivity contribution in [2.45, 2.75) is 192 Å². The number of carbonyl (C=O) groups is 1. The lowest BCUT2D eigenvalue weighted by molar-refractivity contribution is -0.870. The second-order valence-corrected chi connectivity index (χ2v) is 17.6. The molecule has 10 heteroatoms. The number of quaternary nitrogens is 1. The number of unbranched alkanes of at least 4 members (excludes halogenated alkanes) is 16. The molecule has 0 spiro atoms. The number of aliphatic hydroxyl groups excluding tert-OH is 1. The van der Waals surface area contributed by atoms with E-state index < -0.39 is 20.0 Å². The van der Waals surface area contributed by atoms with E-state index in [2.05, 4.69) is 55.6 Å². The van der Waals surface area contributed by atoms with Crippen LogP contribution in [0.2, 0.25) is 0 Å². The third-order valence-electron chi connectivity index (χ3n) is 9.79. The largest absolute Gasteiger partial charge is 0.472 e. The van der Waals surface area contributed by atoms with Crippen molar-refractivity contribution < 1.29 is 37.6 Å². The summed E-state index contributed by atoms with van der Waals surface area (Å²) in [6, 6.07) is -0.792. The second kappa shape index (κ2) is 31.8. The number of ether oxygens (including phenoxy) is 1. The highest BCUT2D eigenvalue weighted by Gasteiger charge is 2.36. The summed E-state index contributed by atoms with van der Waals surface area (Å²) in [5, 5.41) is 13.9. The van der Waals surface area contributed by atoms with Crippen molar-refractivity contribution in [1.29, 1.82) is 0 Å². The number of nitrogens with one attached hydrogen (secondary N) is 1. The summed E-state index contributed by atoms with van der Waals surface area (Å²) in [5.41, 5.74) is 0. The Kier molecular flexibility index (Phi) is 29.9. The van der Waals surface area contributed by atoms with Crippen molar-refractivity contribution in [3.63, 3.8) is 0 Å². The molecule has 0 aromatic rings. The van der Waals surface area contributed by atoms with E-state index in [1.165, 1.54) is 89.9 Å². The number of phosphoric ester groups is 1. The molecule has 9 nitrogen and oxygen atoms in total. The maximum absolute atomic E-state index is 12.9. The molecule has 3 N–H and O–H groups in total. The van der Waals surface area contributed by atoms with Gasteiger partial charge in [0.1, 0.15) is 13.2 Å². The molecule has 3 unspecified atom stereocenters. The Hall–Kier alpha value is -1.32. The number of aliphatic hydroxyl groups is 1. The lowest BCUT2D eigenvalue weighted by atomic mass is 10.0. The molecular weight excluding hydrogens is 687 g/mol. The van der Waals surface area contributed by atoms with Gasteiger partial charge in [-0.1, -0.05) is 147 Å². The van der Waals surface area contributed by atoms with Crippen LogP contribution in [0.5, 0.6) is 0 Å². The van der Waals surface area contributed by atoms with E-state index in [1.807, 2.05) is 21.1 Å². The molecule has 0 radical (unpaired) electrons. The number of amides is 1. The number of carbonyl (C=O) groups excluding carboxylic acids is 1. The summed E-state index contributed by atoms with van der Waals surface area (Å²) in [4.78, 5) is 23.1. The standard InChI is InChI=1S/C43H81N2O7P/c1-6-8-10-12-14-15-16-17-18-19-21-24-28-32-40(46)39(38-51-53(48,49)50-37-36-45(3,4)5)44-43(47)35-31-27-23-20-22-26-30-34-42-41(52-42)33-29-25-13-11-9-7-2/h20,23,25-26,29-30,39-42,46H,6-19,21-22,24,27-28,31-38H2,1-5H3,(H-,44,47,48,49)/p+1/b23-20-,29-25-,30-26-/t39-,40+,41?,42?/m0/s1. The number of likely N-dealkylation sites (N-methyl/N-ethyl adjacent to an activating group) is 1. The van der Waals surface area contributed by atoms with Crippen LogP contribution in [-0.2, 0) is 23.1 Å². The Morgan fingerprint density at radius 1 is 0.736 bits per heavy atom. The summed E-state index contributed by atoms with van der Waals surface area (Å²) in [7, 11) is 1.57. The number of hydrogen-bond acceptors (Lipinski definition) is 6. The van der Waals surface area contributed by atoms with Gasteiger partial charge >= 0.3 is 7.82 Å². The number of phosphoric acid groups is 1. The zero-order valence-corrected chi connectivity index (χ0v) is 35.6. The predicted octanol–water partition coefficient (Wildman–Crippen LogP) is 10.5. The minimum atomic E-state index is -4.33. The fourth-order valence-corrected chi connectivity index (χ4v) is 6.93. The van der Waals surface area contributed by atoms with Gasteiger partial charge < -0.3 is 24.5 Å². The van der Waals surface area contributed by atoms with Crippen molar-refractivity contribution in [3.8, 4) is 0 Å². The van der Waals surface area contributed by atoms with Gasteiger partial charge in [-0.05, 0) is 51.4 Å². The van der Waals surface area contributed by atoms with E-state index in [-0.39, 0.29) is 19.1 Å². The molecule has 1 saturated heterocycles. The van der Waals surface area contributed by atoms with Crippen LogP contribution in [0.4, 0.5) is 0 Å². The lowest BCUT2D eigenvalue weighted by Crippen LogP contribution is -2.46. The molecule has 1 heterocycles. The molecule has 1 aliphatic rings. The van der Waals surface area contributed by atoms with E-state index in [4.69, 9.17) is 13.8 Å². The molecular formula is C43H82N2O7P+. The van der Waals surface area contributed by atoms with Crippen molar-refractivity contribution in [1.82, 2.24) is 5.32 Å². The minimum Gasteiger partial charge on any atom is -0.391 e. The summed E-state index contributed by atoms with van der Waals surface area (Å²) in [6.07, 6.45) is 39.1. The van der Waals surface area contributed by atoms with Crippen molar-refractivity contribution >= 4 is 13.7 Å². The molecule has 53 heavy (non-hydrogen) atoms. The van der Waals surface area contributed by atoms with E-state index in [0.717, 1.165) is 44.9 Å². The SMILES string of the molecule is CCCCC/C=C\CC1OC1C/C=C\C/C=C\CCCC(=O)N[C@@H](COP(=O)(O)OCC[N+](C)(C)C)[C@H](O)CCCCCCCCCCCCCCC. The fraction of sp³-hybridized carbons (Fsp3) is 0.837. The van der Waals surface area contributed by atoms with Gasteiger partial charge in [0.15, 0.2) is 0 Å². The second-order valence-electron chi connectivity index (χ2n) is 16.1. The van der Waals surface area contributed by atoms with Crippen LogP contribution >= 0.6 is 7.82 Å². The lowest BCUT2D eigenvalue weighted by Gasteiger charge is -2.26. The maximum atomic E-state index is 12.9. The molecule has 1 rings (SSSR count). The highest BCUT2D eigenvalue weighted by atomic mass is 31.2. The predicted molar refractivity (Wildman–Crippen MR) is 221 cm³/mol. The average molecular weight is 770 g/mol. The van der Waals surface area contributed by atoms with E-state index >= 15 is 0 Å².